The third-order valence-corrected chi connectivity index (χ3v) is 6.88. The number of H-pyrrole nitrogens is 1. The normalized spacial score (nSPS) is 15.1. The highest BCUT2D eigenvalue weighted by Crippen LogP contribution is 2.35. The van der Waals surface area contributed by atoms with Crippen LogP contribution >= 0.6 is 0 Å². The smallest absolute Gasteiger partial charge is 0.336 e. The minimum atomic E-state index is -2.74. The molecule has 0 amide bonds. The van der Waals surface area contributed by atoms with E-state index in [1.54, 1.807) is 12.1 Å². The molecule has 0 aliphatic carbocycles. The van der Waals surface area contributed by atoms with E-state index in [1.165, 1.54) is 0 Å². The molecule has 0 bridgehead atoms. The summed E-state index contributed by atoms with van der Waals surface area (Å²) in [7, 11) is 0. The molecule has 214 valence electrons. The van der Waals surface area contributed by atoms with Gasteiger partial charge in [-0.15, -0.1) is 0 Å². The third kappa shape index (κ3) is 7.65. The van der Waals surface area contributed by atoms with E-state index >= 15 is 0 Å². The van der Waals surface area contributed by atoms with Gasteiger partial charge < -0.3 is 30.6 Å². The number of rotatable bonds is 9. The number of nitrogens with one attached hydrogen (secondary N) is 1. The zero-order valence-electron chi connectivity index (χ0n) is 21.9. The number of hydrogen-bond donors (Lipinski definition) is 7. The highest BCUT2D eigenvalue weighted by Gasteiger charge is 2.41. The quantitative estimate of drug-likeness (QED) is 0.204. The fourth-order valence-corrected chi connectivity index (χ4v) is 4.71. The van der Waals surface area contributed by atoms with Crippen LogP contribution in [0.4, 0.5) is 0 Å². The van der Waals surface area contributed by atoms with E-state index in [0.717, 1.165) is 60.4 Å². The summed E-state index contributed by atoms with van der Waals surface area (Å²) in [6, 6.07) is 15.3. The number of hydrogen-bond acceptors (Lipinski definition) is 8. The number of aromatic nitrogens is 2. The topological polar surface area (TPSA) is 205 Å². The van der Waals surface area contributed by atoms with Gasteiger partial charge in [-0.25, -0.2) is 4.79 Å². The lowest BCUT2D eigenvalue weighted by molar-refractivity contribution is -0.170. The Morgan fingerprint density at radius 3 is 2.08 bits per heavy atom. The van der Waals surface area contributed by atoms with Crippen LogP contribution in [0.5, 0.6) is 5.75 Å². The number of aryl methyl sites for hydroxylation is 1. The molecule has 2 heterocycles. The average molecular weight is 556 g/mol. The fraction of sp³-hybridized carbons (Fsp3) is 0.357. The molecule has 1 aliphatic heterocycles. The minimum Gasteiger partial charge on any atom is -0.508 e. The second-order valence-electron chi connectivity index (χ2n) is 9.92. The molecule has 1 aliphatic rings. The molecular weight excluding hydrogens is 522 g/mol. The van der Waals surface area contributed by atoms with Crippen molar-refractivity contribution in [2.24, 2.45) is 0 Å². The first kappa shape index (κ1) is 30.3. The van der Waals surface area contributed by atoms with Gasteiger partial charge in [0.1, 0.15) is 5.75 Å². The van der Waals surface area contributed by atoms with Crippen LogP contribution in [0.3, 0.4) is 0 Å². The maximum atomic E-state index is 11.2. The first-order valence-electron chi connectivity index (χ1n) is 12.5. The lowest BCUT2D eigenvalue weighted by Crippen LogP contribution is -2.42. The van der Waals surface area contributed by atoms with E-state index in [2.05, 4.69) is 28.1 Å². The Hall–Kier alpha value is -4.26. The molecule has 2 aromatic carbocycles. The van der Waals surface area contributed by atoms with Crippen molar-refractivity contribution in [3.8, 4) is 17.0 Å². The molecular formula is C28H33N3O9. The monoisotopic (exact) mass is 555 g/mol. The average Bonchev–Trinajstić information content (AvgIpc) is 3.33. The molecule has 0 saturated carbocycles. The number of aliphatic carboxylic acids is 3. The summed E-state index contributed by atoms with van der Waals surface area (Å²) >= 11 is 0. The molecule has 1 fully saturated rings. The van der Waals surface area contributed by atoms with Gasteiger partial charge in [0.25, 0.3) is 0 Å². The Labute approximate surface area is 230 Å². The van der Waals surface area contributed by atoms with Gasteiger partial charge in [-0.2, -0.15) is 5.10 Å². The lowest BCUT2D eigenvalue weighted by atomic mass is 9.82. The molecule has 1 saturated heterocycles. The van der Waals surface area contributed by atoms with Crippen LogP contribution in [0, 0.1) is 6.92 Å². The summed E-state index contributed by atoms with van der Waals surface area (Å²) < 4.78 is 0. The second kappa shape index (κ2) is 12.7. The van der Waals surface area contributed by atoms with Crippen LogP contribution in [0.25, 0.3) is 11.3 Å². The first-order valence-corrected chi connectivity index (χ1v) is 12.5. The number of aromatic hydroxyl groups is 1. The third-order valence-electron chi connectivity index (χ3n) is 6.88. The van der Waals surface area contributed by atoms with Crippen molar-refractivity contribution in [3.63, 3.8) is 0 Å². The predicted molar refractivity (Wildman–Crippen MR) is 142 cm³/mol. The number of carboxylic acid groups (broad SMARTS) is 3. The Balaban J connectivity index is 0.000000289. The molecule has 0 radical (unpaired) electrons. The molecule has 0 atom stereocenters. The largest absolute Gasteiger partial charge is 0.508 e. The van der Waals surface area contributed by atoms with Crippen LogP contribution in [0.1, 0.15) is 42.4 Å². The summed E-state index contributed by atoms with van der Waals surface area (Å²) in [4.78, 5) is 32.8. The summed E-state index contributed by atoms with van der Waals surface area (Å²) in [5, 5.41) is 61.7. The van der Waals surface area contributed by atoms with E-state index in [9.17, 15) is 24.6 Å². The molecule has 3 aromatic rings. The number of carboxylic acids is 3. The number of nitrogens with zero attached hydrogens (tertiary/aromatic N) is 2. The number of aromatic amines is 1. The molecule has 4 rings (SSSR count). The molecule has 1 aromatic heterocycles. The first-order chi connectivity index (χ1) is 18.8. The minimum absolute atomic E-state index is 0.256. The van der Waals surface area contributed by atoms with Crippen molar-refractivity contribution in [2.75, 3.05) is 13.1 Å². The number of aliphatic hydroxyl groups is 2. The van der Waals surface area contributed by atoms with Gasteiger partial charge in [0.05, 0.1) is 30.3 Å². The fourth-order valence-electron chi connectivity index (χ4n) is 4.71. The van der Waals surface area contributed by atoms with Gasteiger partial charge in [0.15, 0.2) is 5.60 Å². The number of phenolic OH excluding ortho intramolecular Hbond substituents is 1. The predicted octanol–water partition coefficient (Wildman–Crippen LogP) is 2.33. The van der Waals surface area contributed by atoms with Gasteiger partial charge in [-0.3, -0.25) is 19.6 Å². The van der Waals surface area contributed by atoms with Gasteiger partial charge in [-0.1, -0.05) is 24.3 Å². The lowest BCUT2D eigenvalue weighted by Gasteiger charge is -2.39. The number of likely N-dealkylation sites (tertiary alicyclic amines) is 1. The molecule has 40 heavy (non-hydrogen) atoms. The van der Waals surface area contributed by atoms with E-state index in [0.29, 0.717) is 0 Å². The van der Waals surface area contributed by atoms with Crippen LogP contribution < -0.4 is 0 Å². The van der Waals surface area contributed by atoms with Crippen LogP contribution in [0.15, 0.2) is 54.7 Å². The summed E-state index contributed by atoms with van der Waals surface area (Å²) in [6.45, 7) is 4.53. The van der Waals surface area contributed by atoms with Crippen molar-refractivity contribution in [2.45, 2.75) is 50.4 Å². The Bertz CT molecular complexity index is 1310. The summed E-state index contributed by atoms with van der Waals surface area (Å²) in [6.07, 6.45) is 1.03. The van der Waals surface area contributed by atoms with Crippen molar-refractivity contribution in [1.82, 2.24) is 15.1 Å². The maximum Gasteiger partial charge on any atom is 0.336 e. The number of piperidine rings is 1. The highest BCUT2D eigenvalue weighted by atomic mass is 16.4. The Morgan fingerprint density at radius 1 is 0.975 bits per heavy atom. The number of phenols is 1. The van der Waals surface area contributed by atoms with E-state index < -0.39 is 42.0 Å². The van der Waals surface area contributed by atoms with Crippen molar-refractivity contribution < 1.29 is 45.0 Å². The van der Waals surface area contributed by atoms with E-state index in [-0.39, 0.29) is 5.75 Å². The molecule has 12 heteroatoms. The molecule has 0 unspecified atom stereocenters. The number of carbonyl (C=O) groups is 3. The van der Waals surface area contributed by atoms with Crippen molar-refractivity contribution in [3.05, 3.63) is 71.4 Å². The van der Waals surface area contributed by atoms with Crippen LogP contribution in [-0.4, -0.2) is 82.3 Å². The maximum absolute atomic E-state index is 11.2. The standard InChI is InChI=1S/C22H25N3O2.C6H8O7/c1-16-4-2-3-5-20(16)22(27)10-12-25(13-11-22)15-18-14-23-24-21(18)17-6-8-19(26)9-7-17;7-3(8)1-6(13,5(11)12)2-4(9)10/h2-9,14,26-27H,10-13,15H2,1H3,(H,23,24);13H,1-2H2,(H,7,8)(H,9,10)(H,11,12). The van der Waals surface area contributed by atoms with Gasteiger partial charge in [-0.05, 0) is 55.2 Å². The summed E-state index contributed by atoms with van der Waals surface area (Å²) in [5.41, 5.74) is 1.84. The zero-order chi connectivity index (χ0) is 29.5. The zero-order valence-corrected chi connectivity index (χ0v) is 21.9. The molecule has 12 nitrogen and oxygen atoms in total. The van der Waals surface area contributed by atoms with Gasteiger partial charge >= 0.3 is 17.9 Å². The van der Waals surface area contributed by atoms with Crippen molar-refractivity contribution in [1.29, 1.82) is 0 Å². The van der Waals surface area contributed by atoms with Crippen LogP contribution in [-0.2, 0) is 26.5 Å². The van der Waals surface area contributed by atoms with Gasteiger partial charge in [0, 0.05) is 30.8 Å². The van der Waals surface area contributed by atoms with E-state index in [4.69, 9.17) is 20.4 Å². The Kier molecular flexibility index (Phi) is 9.64. The van der Waals surface area contributed by atoms with Crippen LogP contribution in [0.2, 0.25) is 0 Å². The van der Waals surface area contributed by atoms with E-state index in [1.807, 2.05) is 36.5 Å². The second-order valence-corrected chi connectivity index (χ2v) is 9.92. The number of benzene rings is 2. The van der Waals surface area contributed by atoms with Crippen molar-refractivity contribution >= 4 is 17.9 Å². The van der Waals surface area contributed by atoms with Gasteiger partial charge in [0.2, 0.25) is 0 Å². The summed E-state index contributed by atoms with van der Waals surface area (Å²) in [5.74, 6) is -4.76. The SMILES string of the molecule is Cc1ccccc1C1(O)CCN(Cc2cn[nH]c2-c2ccc(O)cc2)CC1.O=C(O)CC(O)(CC(=O)O)C(=O)O. The molecule has 7 N–H and O–H groups in total. The Morgan fingerprint density at radius 2 is 1.55 bits per heavy atom. The molecule has 0 spiro atoms. The highest BCUT2D eigenvalue weighted by molar-refractivity contribution is 5.88.